The summed E-state index contributed by atoms with van der Waals surface area (Å²) < 4.78 is 0. The summed E-state index contributed by atoms with van der Waals surface area (Å²) in [6, 6.07) is 6.39. The van der Waals surface area contributed by atoms with Gasteiger partial charge < -0.3 is 0 Å². The Morgan fingerprint density at radius 1 is 1.33 bits per heavy atom. The van der Waals surface area contributed by atoms with Crippen molar-refractivity contribution in [3.63, 3.8) is 0 Å². The van der Waals surface area contributed by atoms with Crippen LogP contribution in [-0.2, 0) is 0 Å². The van der Waals surface area contributed by atoms with Gasteiger partial charge in [-0.25, -0.2) is 0 Å². The maximum atomic E-state index is 4.51. The van der Waals surface area contributed by atoms with E-state index >= 15 is 0 Å². The first-order chi connectivity index (χ1) is 8.58. The summed E-state index contributed by atoms with van der Waals surface area (Å²) in [4.78, 5) is 3.63. The Labute approximate surface area is 116 Å². The average molecular weight is 261 g/mol. The molecule has 0 fully saturated rings. The third kappa shape index (κ3) is 3.18. The van der Waals surface area contributed by atoms with E-state index in [1.807, 2.05) is 0 Å². The fraction of sp³-hybridized carbons (Fsp3) is 0.500. The van der Waals surface area contributed by atoms with Gasteiger partial charge in [-0.05, 0) is 42.0 Å². The molecular weight excluding hydrogens is 238 g/mol. The minimum absolute atomic E-state index is 0.752. The highest BCUT2D eigenvalue weighted by Crippen LogP contribution is 2.28. The Hall–Kier alpha value is -0.730. The fourth-order valence-corrected chi connectivity index (χ4v) is 2.82. The molecule has 98 valence electrons. The second-order valence-electron chi connectivity index (χ2n) is 5.58. The van der Waals surface area contributed by atoms with E-state index < -0.39 is 0 Å². The van der Waals surface area contributed by atoms with Gasteiger partial charge in [0, 0.05) is 24.5 Å². The Morgan fingerprint density at radius 3 is 2.72 bits per heavy atom. The van der Waals surface area contributed by atoms with Crippen molar-refractivity contribution in [2.75, 3.05) is 19.6 Å². The molecule has 0 radical (unpaired) electrons. The largest absolute Gasteiger partial charge is 0.299 e. The predicted molar refractivity (Wildman–Crippen MR) is 82.3 cm³/mol. The van der Waals surface area contributed by atoms with Crippen molar-refractivity contribution >= 4 is 18.2 Å². The summed E-state index contributed by atoms with van der Waals surface area (Å²) in [5.74, 6) is 0.752. The van der Waals surface area contributed by atoms with E-state index in [-0.39, 0.29) is 0 Å². The molecule has 0 unspecified atom stereocenters. The summed E-state index contributed by atoms with van der Waals surface area (Å²) in [6.45, 7) is 10.2. The van der Waals surface area contributed by atoms with Gasteiger partial charge in [0.1, 0.15) is 0 Å². The molecule has 1 nitrogen and oxygen atoms in total. The van der Waals surface area contributed by atoms with E-state index in [4.69, 9.17) is 0 Å². The van der Waals surface area contributed by atoms with E-state index in [1.165, 1.54) is 29.8 Å². The van der Waals surface area contributed by atoms with Crippen LogP contribution in [0.5, 0.6) is 0 Å². The molecule has 2 rings (SSSR count). The average Bonchev–Trinajstić information content (AvgIpc) is 2.33. The van der Waals surface area contributed by atoms with Gasteiger partial charge in [0.05, 0.1) is 0 Å². The second kappa shape index (κ2) is 5.94. The number of rotatable bonds is 3. The van der Waals surface area contributed by atoms with Crippen LogP contribution < -0.4 is 0 Å². The quantitative estimate of drug-likeness (QED) is 0.804. The fourth-order valence-electron chi connectivity index (χ4n) is 2.61. The summed E-state index contributed by atoms with van der Waals surface area (Å²) in [7, 11) is 0. The van der Waals surface area contributed by atoms with Crippen LogP contribution in [0, 0.1) is 12.8 Å². The molecule has 1 aromatic rings. The van der Waals surface area contributed by atoms with E-state index in [2.05, 4.69) is 62.6 Å². The van der Waals surface area contributed by atoms with Crippen LogP contribution in [0.25, 0.3) is 5.57 Å². The predicted octanol–water partition coefficient (Wildman–Crippen LogP) is 4.03. The lowest BCUT2D eigenvalue weighted by molar-refractivity contribution is 0.268. The number of nitrogens with zero attached hydrogens (tertiary/aromatic N) is 1. The molecule has 0 amide bonds. The Morgan fingerprint density at radius 2 is 2.11 bits per heavy atom. The van der Waals surface area contributed by atoms with Crippen LogP contribution in [0.4, 0.5) is 0 Å². The lowest BCUT2D eigenvalue weighted by Gasteiger charge is -2.28. The zero-order valence-corrected chi connectivity index (χ0v) is 12.5. The zero-order chi connectivity index (χ0) is 13.1. The molecule has 1 aliphatic heterocycles. The van der Waals surface area contributed by atoms with Gasteiger partial charge in [0.15, 0.2) is 0 Å². The SMILES string of the molecule is Cc1c(S)cccc1C1=CCN(CC(C)C)CC1. The molecule has 1 aromatic carbocycles. The van der Waals surface area contributed by atoms with Crippen molar-refractivity contribution in [3.8, 4) is 0 Å². The molecule has 1 aliphatic rings. The van der Waals surface area contributed by atoms with Crippen molar-refractivity contribution in [3.05, 3.63) is 35.4 Å². The van der Waals surface area contributed by atoms with Gasteiger partial charge in [-0.1, -0.05) is 32.1 Å². The molecule has 0 saturated carbocycles. The first-order valence-corrected chi connectivity index (χ1v) is 7.23. The molecule has 2 heteroatoms. The molecule has 0 atom stereocenters. The van der Waals surface area contributed by atoms with Gasteiger partial charge in [-0.15, -0.1) is 12.6 Å². The van der Waals surface area contributed by atoms with Crippen LogP contribution in [0.2, 0.25) is 0 Å². The van der Waals surface area contributed by atoms with Crippen LogP contribution in [0.1, 0.15) is 31.4 Å². The zero-order valence-electron chi connectivity index (χ0n) is 11.6. The molecule has 18 heavy (non-hydrogen) atoms. The van der Waals surface area contributed by atoms with Gasteiger partial charge in [-0.3, -0.25) is 4.90 Å². The van der Waals surface area contributed by atoms with E-state index in [1.54, 1.807) is 0 Å². The summed E-state index contributed by atoms with van der Waals surface area (Å²) in [6.07, 6.45) is 3.55. The van der Waals surface area contributed by atoms with Crippen molar-refractivity contribution in [1.82, 2.24) is 4.90 Å². The van der Waals surface area contributed by atoms with Crippen LogP contribution in [0.15, 0.2) is 29.2 Å². The van der Waals surface area contributed by atoms with Gasteiger partial charge in [0.2, 0.25) is 0 Å². The monoisotopic (exact) mass is 261 g/mol. The highest BCUT2D eigenvalue weighted by Gasteiger charge is 2.15. The molecule has 0 saturated heterocycles. The first kappa shape index (κ1) is 13.7. The molecule has 0 spiro atoms. The number of benzene rings is 1. The molecular formula is C16H23NS. The van der Waals surface area contributed by atoms with Crippen molar-refractivity contribution in [2.24, 2.45) is 5.92 Å². The lowest BCUT2D eigenvalue weighted by Crippen LogP contribution is -2.31. The topological polar surface area (TPSA) is 3.24 Å². The van der Waals surface area contributed by atoms with Crippen LogP contribution in [-0.4, -0.2) is 24.5 Å². The Balaban J connectivity index is 2.12. The standard InChI is InChI=1S/C16H23NS/c1-12(2)11-17-9-7-14(8-10-17)15-5-4-6-16(18)13(15)3/h4-7,12,18H,8-11H2,1-3H3. The van der Waals surface area contributed by atoms with E-state index in [0.717, 1.165) is 23.8 Å². The minimum Gasteiger partial charge on any atom is -0.299 e. The normalized spacial score (nSPS) is 17.1. The van der Waals surface area contributed by atoms with Gasteiger partial charge in [-0.2, -0.15) is 0 Å². The molecule has 0 aliphatic carbocycles. The third-order valence-electron chi connectivity index (χ3n) is 3.57. The van der Waals surface area contributed by atoms with Crippen LogP contribution >= 0.6 is 12.6 Å². The maximum Gasteiger partial charge on any atom is 0.0169 e. The number of thiol groups is 1. The van der Waals surface area contributed by atoms with Crippen molar-refractivity contribution < 1.29 is 0 Å². The molecule has 1 heterocycles. The van der Waals surface area contributed by atoms with Crippen molar-refractivity contribution in [2.45, 2.75) is 32.1 Å². The highest BCUT2D eigenvalue weighted by atomic mass is 32.1. The van der Waals surface area contributed by atoms with Crippen molar-refractivity contribution in [1.29, 1.82) is 0 Å². The third-order valence-corrected chi connectivity index (χ3v) is 4.05. The molecule has 0 N–H and O–H groups in total. The second-order valence-corrected chi connectivity index (χ2v) is 6.06. The highest BCUT2D eigenvalue weighted by molar-refractivity contribution is 7.80. The molecule has 0 bridgehead atoms. The lowest BCUT2D eigenvalue weighted by atomic mass is 9.95. The van der Waals surface area contributed by atoms with E-state index in [9.17, 15) is 0 Å². The smallest absolute Gasteiger partial charge is 0.0169 e. The van der Waals surface area contributed by atoms with Gasteiger partial charge in [0.25, 0.3) is 0 Å². The summed E-state index contributed by atoms with van der Waals surface area (Å²) in [5, 5.41) is 0. The minimum atomic E-state index is 0.752. The summed E-state index contributed by atoms with van der Waals surface area (Å²) in [5.41, 5.74) is 4.18. The molecule has 0 aromatic heterocycles. The van der Waals surface area contributed by atoms with Gasteiger partial charge >= 0.3 is 0 Å². The number of hydrogen-bond donors (Lipinski definition) is 1. The summed E-state index contributed by atoms with van der Waals surface area (Å²) >= 11 is 4.51. The maximum absolute atomic E-state index is 4.51. The number of hydrogen-bond acceptors (Lipinski definition) is 2. The Kier molecular flexibility index (Phi) is 4.52. The first-order valence-electron chi connectivity index (χ1n) is 6.78. The Bertz CT molecular complexity index is 448. The van der Waals surface area contributed by atoms with E-state index in [0.29, 0.717) is 0 Å². The van der Waals surface area contributed by atoms with Crippen LogP contribution in [0.3, 0.4) is 0 Å².